The van der Waals surface area contributed by atoms with Gasteiger partial charge in [-0.15, -0.1) is 11.8 Å². The van der Waals surface area contributed by atoms with Gasteiger partial charge in [-0.1, -0.05) is 23.7 Å². The number of carbonyl (C=O) groups is 1. The lowest BCUT2D eigenvalue weighted by atomic mass is 10.1. The highest BCUT2D eigenvalue weighted by atomic mass is 35.5. The molecule has 0 aliphatic carbocycles. The average Bonchev–Trinajstić information content (AvgIpc) is 2.90. The number of rotatable bonds is 2. The highest BCUT2D eigenvalue weighted by Crippen LogP contribution is 2.41. The van der Waals surface area contributed by atoms with E-state index in [2.05, 4.69) is 0 Å². The van der Waals surface area contributed by atoms with Gasteiger partial charge in [-0.05, 0) is 17.7 Å². The highest BCUT2D eigenvalue weighted by molar-refractivity contribution is 8.00. The number of ether oxygens (including phenoxy) is 1. The van der Waals surface area contributed by atoms with Crippen LogP contribution < -0.4 is 0 Å². The van der Waals surface area contributed by atoms with E-state index in [1.807, 2.05) is 40.9 Å². The van der Waals surface area contributed by atoms with E-state index in [0.717, 1.165) is 43.9 Å². The lowest BCUT2D eigenvalue weighted by Crippen LogP contribution is -2.45. The number of benzene rings is 1. The quantitative estimate of drug-likeness (QED) is 0.841. The van der Waals surface area contributed by atoms with Crippen molar-refractivity contribution >= 4 is 29.3 Å². The number of likely N-dealkylation sites (tertiary alicyclic amines) is 1. The summed E-state index contributed by atoms with van der Waals surface area (Å²) in [6.45, 7) is 2.46. The monoisotopic (exact) mass is 311 g/mol. The Hall–Kier alpha value is -0.710. The van der Waals surface area contributed by atoms with Crippen LogP contribution in [0.25, 0.3) is 0 Å². The standard InChI is InChI=1S/C15H18ClNO2S/c16-13-3-1-12(2-4-13)11-14(18)17-7-5-15(6-8-17)19-9-10-20-15/h1-4H,5-11H2. The van der Waals surface area contributed by atoms with Gasteiger partial charge in [0.05, 0.1) is 13.0 Å². The summed E-state index contributed by atoms with van der Waals surface area (Å²) in [7, 11) is 0. The summed E-state index contributed by atoms with van der Waals surface area (Å²) in [4.78, 5) is 14.3. The minimum absolute atomic E-state index is 0.00292. The van der Waals surface area contributed by atoms with Crippen LogP contribution in [0.5, 0.6) is 0 Å². The van der Waals surface area contributed by atoms with E-state index >= 15 is 0 Å². The van der Waals surface area contributed by atoms with Crippen LogP contribution in [0.15, 0.2) is 24.3 Å². The Labute approximate surface area is 128 Å². The molecule has 3 nitrogen and oxygen atoms in total. The zero-order chi connectivity index (χ0) is 14.0. The van der Waals surface area contributed by atoms with Crippen LogP contribution in [0, 0.1) is 0 Å². The van der Waals surface area contributed by atoms with E-state index in [-0.39, 0.29) is 10.8 Å². The predicted octanol–water partition coefficient (Wildman–Crippen LogP) is 2.96. The molecule has 3 rings (SSSR count). The molecule has 2 aliphatic rings. The molecule has 2 aliphatic heterocycles. The van der Waals surface area contributed by atoms with E-state index < -0.39 is 0 Å². The van der Waals surface area contributed by atoms with Crippen LogP contribution in [0.1, 0.15) is 18.4 Å². The van der Waals surface area contributed by atoms with Crippen LogP contribution in [0.3, 0.4) is 0 Å². The maximum atomic E-state index is 12.3. The number of hydrogen-bond acceptors (Lipinski definition) is 3. The Morgan fingerprint density at radius 1 is 1.30 bits per heavy atom. The molecule has 20 heavy (non-hydrogen) atoms. The fourth-order valence-corrected chi connectivity index (χ4v) is 4.07. The van der Waals surface area contributed by atoms with Crippen molar-refractivity contribution in [3.05, 3.63) is 34.9 Å². The van der Waals surface area contributed by atoms with Gasteiger partial charge in [0.15, 0.2) is 0 Å². The van der Waals surface area contributed by atoms with Gasteiger partial charge in [-0.3, -0.25) is 4.79 Å². The summed E-state index contributed by atoms with van der Waals surface area (Å²) in [5.74, 6) is 1.28. The third-order valence-electron chi connectivity index (χ3n) is 3.96. The number of amides is 1. The minimum Gasteiger partial charge on any atom is -0.363 e. The van der Waals surface area contributed by atoms with Crippen molar-refractivity contribution in [3.63, 3.8) is 0 Å². The van der Waals surface area contributed by atoms with Gasteiger partial charge < -0.3 is 9.64 Å². The maximum Gasteiger partial charge on any atom is 0.226 e. The topological polar surface area (TPSA) is 29.5 Å². The molecule has 108 valence electrons. The van der Waals surface area contributed by atoms with Crippen LogP contribution in [-0.2, 0) is 16.0 Å². The predicted molar refractivity (Wildman–Crippen MR) is 82.1 cm³/mol. The number of hydrogen-bond donors (Lipinski definition) is 0. The third-order valence-corrected chi connectivity index (χ3v) is 5.64. The molecule has 1 spiro atoms. The van der Waals surface area contributed by atoms with Gasteiger partial charge in [0.25, 0.3) is 0 Å². The highest BCUT2D eigenvalue weighted by Gasteiger charge is 2.40. The summed E-state index contributed by atoms with van der Waals surface area (Å²) in [5, 5.41) is 0.705. The zero-order valence-corrected chi connectivity index (χ0v) is 12.9. The molecule has 1 amide bonds. The van der Waals surface area contributed by atoms with E-state index in [0.29, 0.717) is 11.4 Å². The van der Waals surface area contributed by atoms with Gasteiger partial charge in [-0.25, -0.2) is 0 Å². The first kappa shape index (κ1) is 14.2. The fourth-order valence-electron chi connectivity index (χ4n) is 2.77. The summed E-state index contributed by atoms with van der Waals surface area (Å²) in [5.41, 5.74) is 1.02. The molecule has 2 saturated heterocycles. The van der Waals surface area contributed by atoms with Crippen molar-refractivity contribution in [3.8, 4) is 0 Å². The Morgan fingerprint density at radius 2 is 2.00 bits per heavy atom. The second-order valence-corrected chi connectivity index (χ2v) is 7.17. The Bertz CT molecular complexity index is 475. The molecular formula is C15H18ClNO2S. The second kappa shape index (κ2) is 5.96. The smallest absolute Gasteiger partial charge is 0.226 e. The van der Waals surface area contributed by atoms with Gasteiger partial charge in [0, 0.05) is 36.7 Å². The molecule has 0 atom stereocenters. The second-order valence-electron chi connectivity index (χ2n) is 5.29. The van der Waals surface area contributed by atoms with E-state index in [1.165, 1.54) is 0 Å². The Kier molecular flexibility index (Phi) is 4.24. The summed E-state index contributed by atoms with van der Waals surface area (Å²) < 4.78 is 5.85. The molecule has 1 aromatic carbocycles. The molecule has 0 radical (unpaired) electrons. The van der Waals surface area contributed by atoms with E-state index in [9.17, 15) is 4.79 Å². The van der Waals surface area contributed by atoms with Crippen LogP contribution in [0.2, 0.25) is 5.02 Å². The minimum atomic E-state index is -0.00292. The molecule has 0 aromatic heterocycles. The van der Waals surface area contributed by atoms with Gasteiger partial charge in [-0.2, -0.15) is 0 Å². The first-order chi connectivity index (χ1) is 9.67. The largest absolute Gasteiger partial charge is 0.363 e. The number of halogens is 1. The molecule has 0 N–H and O–H groups in total. The van der Waals surface area contributed by atoms with Crippen molar-refractivity contribution in [2.45, 2.75) is 24.2 Å². The van der Waals surface area contributed by atoms with Crippen molar-refractivity contribution in [1.82, 2.24) is 4.90 Å². The Morgan fingerprint density at radius 3 is 2.60 bits per heavy atom. The average molecular weight is 312 g/mol. The van der Waals surface area contributed by atoms with E-state index in [4.69, 9.17) is 16.3 Å². The van der Waals surface area contributed by atoms with Gasteiger partial charge >= 0.3 is 0 Å². The van der Waals surface area contributed by atoms with Crippen LogP contribution >= 0.6 is 23.4 Å². The number of piperidine rings is 1. The molecular weight excluding hydrogens is 294 g/mol. The normalized spacial score (nSPS) is 21.4. The molecule has 5 heteroatoms. The molecule has 2 fully saturated rings. The SMILES string of the molecule is O=C(Cc1ccc(Cl)cc1)N1CCC2(CC1)OCCS2. The van der Waals surface area contributed by atoms with Gasteiger partial charge in [0.2, 0.25) is 5.91 Å². The molecule has 1 aromatic rings. The van der Waals surface area contributed by atoms with Gasteiger partial charge in [0.1, 0.15) is 4.93 Å². The molecule has 0 saturated carbocycles. The number of thioether (sulfide) groups is 1. The van der Waals surface area contributed by atoms with Crippen molar-refractivity contribution in [2.75, 3.05) is 25.4 Å². The Balaban J connectivity index is 1.55. The van der Waals surface area contributed by atoms with Crippen molar-refractivity contribution in [2.24, 2.45) is 0 Å². The summed E-state index contributed by atoms with van der Waals surface area (Å²) in [6, 6.07) is 7.50. The molecule has 2 heterocycles. The third kappa shape index (κ3) is 3.13. The summed E-state index contributed by atoms with van der Waals surface area (Å²) in [6.07, 6.45) is 2.35. The number of nitrogens with zero attached hydrogens (tertiary/aromatic N) is 1. The zero-order valence-electron chi connectivity index (χ0n) is 11.3. The lowest BCUT2D eigenvalue weighted by molar-refractivity contribution is -0.133. The maximum absolute atomic E-state index is 12.3. The lowest BCUT2D eigenvalue weighted by Gasteiger charge is -2.37. The molecule has 0 bridgehead atoms. The molecule has 0 unspecified atom stereocenters. The van der Waals surface area contributed by atoms with E-state index in [1.54, 1.807) is 0 Å². The number of carbonyl (C=O) groups excluding carboxylic acids is 1. The van der Waals surface area contributed by atoms with Crippen molar-refractivity contribution < 1.29 is 9.53 Å². The fraction of sp³-hybridized carbons (Fsp3) is 0.533. The first-order valence-corrected chi connectivity index (χ1v) is 8.33. The van der Waals surface area contributed by atoms with Crippen molar-refractivity contribution in [1.29, 1.82) is 0 Å². The first-order valence-electron chi connectivity index (χ1n) is 6.97. The van der Waals surface area contributed by atoms with Crippen LogP contribution in [-0.4, -0.2) is 41.2 Å². The summed E-state index contributed by atoms with van der Waals surface area (Å²) >= 11 is 7.76. The van der Waals surface area contributed by atoms with Crippen LogP contribution in [0.4, 0.5) is 0 Å².